The van der Waals surface area contributed by atoms with Gasteiger partial charge in [0.25, 0.3) is 0 Å². The Bertz CT molecular complexity index is 441. The Morgan fingerprint density at radius 1 is 1.25 bits per heavy atom. The zero-order valence-corrected chi connectivity index (χ0v) is 10.4. The Labute approximate surface area is 96.9 Å². The molecule has 0 aliphatic heterocycles. The number of nitrogens with two attached hydrogens (primary N) is 1. The van der Waals surface area contributed by atoms with Crippen LogP contribution in [0.4, 0.5) is 0 Å². The summed E-state index contributed by atoms with van der Waals surface area (Å²) >= 11 is 0. The maximum Gasteiger partial charge on any atom is 0.214 e. The van der Waals surface area contributed by atoms with Gasteiger partial charge in [-0.2, -0.15) is 0 Å². The van der Waals surface area contributed by atoms with Crippen LogP contribution in [0.2, 0.25) is 0 Å². The van der Waals surface area contributed by atoms with Crippen molar-refractivity contribution < 1.29 is 8.42 Å². The Morgan fingerprint density at radius 2 is 1.81 bits per heavy atom. The lowest BCUT2D eigenvalue weighted by Gasteiger charge is -2.11. The van der Waals surface area contributed by atoms with E-state index in [1.54, 1.807) is 13.8 Å². The van der Waals surface area contributed by atoms with Crippen molar-refractivity contribution in [3.8, 4) is 0 Å². The molecule has 0 saturated heterocycles. The average molecular weight is 242 g/mol. The predicted octanol–water partition coefficient (Wildman–Crippen LogP) is 0.973. The molecule has 1 aromatic carbocycles. The van der Waals surface area contributed by atoms with Gasteiger partial charge in [-0.05, 0) is 25.0 Å². The topological polar surface area (TPSA) is 72.2 Å². The van der Waals surface area contributed by atoms with Gasteiger partial charge >= 0.3 is 0 Å². The van der Waals surface area contributed by atoms with E-state index in [-0.39, 0.29) is 0 Å². The van der Waals surface area contributed by atoms with Gasteiger partial charge in [0.05, 0.1) is 5.25 Å². The molecule has 0 aliphatic carbocycles. The molecule has 5 heteroatoms. The van der Waals surface area contributed by atoms with Crippen molar-refractivity contribution in [1.29, 1.82) is 0 Å². The van der Waals surface area contributed by atoms with Crippen LogP contribution in [0.25, 0.3) is 0 Å². The highest BCUT2D eigenvalue weighted by atomic mass is 32.2. The molecule has 0 bridgehead atoms. The summed E-state index contributed by atoms with van der Waals surface area (Å²) in [6, 6.07) is 7.55. The van der Waals surface area contributed by atoms with Gasteiger partial charge in [-0.25, -0.2) is 13.1 Å². The Morgan fingerprint density at radius 3 is 2.31 bits per heavy atom. The first-order valence-corrected chi connectivity index (χ1v) is 6.77. The third-order valence-electron chi connectivity index (χ3n) is 2.42. The molecule has 1 aromatic rings. The molecule has 0 aliphatic rings. The molecule has 1 rings (SSSR count). The van der Waals surface area contributed by atoms with Crippen molar-refractivity contribution in [2.24, 2.45) is 5.73 Å². The van der Waals surface area contributed by atoms with Gasteiger partial charge in [-0.3, -0.25) is 0 Å². The number of hydrogen-bond acceptors (Lipinski definition) is 3. The first kappa shape index (κ1) is 13.2. The molecule has 0 amide bonds. The fourth-order valence-corrected chi connectivity index (χ4v) is 1.96. The fourth-order valence-electron chi connectivity index (χ4n) is 1.27. The van der Waals surface area contributed by atoms with Crippen molar-refractivity contribution in [3.05, 3.63) is 35.4 Å². The fraction of sp³-hybridized carbons (Fsp3) is 0.455. The molecule has 90 valence electrons. The summed E-state index contributed by atoms with van der Waals surface area (Å²) in [6.45, 7) is 4.02. The van der Waals surface area contributed by atoms with Crippen LogP contribution in [-0.4, -0.2) is 13.7 Å². The van der Waals surface area contributed by atoms with Crippen molar-refractivity contribution in [1.82, 2.24) is 4.72 Å². The van der Waals surface area contributed by atoms with Crippen molar-refractivity contribution >= 4 is 10.0 Å². The zero-order chi connectivity index (χ0) is 12.2. The number of hydrogen-bond donors (Lipinski definition) is 2. The third-order valence-corrected chi connectivity index (χ3v) is 4.21. The maximum atomic E-state index is 11.6. The summed E-state index contributed by atoms with van der Waals surface area (Å²) in [5.74, 6) is 0. The van der Waals surface area contributed by atoms with E-state index in [9.17, 15) is 8.42 Å². The second kappa shape index (κ2) is 5.43. The average Bonchev–Trinajstić information content (AvgIpc) is 2.26. The van der Waals surface area contributed by atoms with E-state index < -0.39 is 15.3 Å². The van der Waals surface area contributed by atoms with E-state index in [4.69, 9.17) is 5.73 Å². The lowest BCUT2D eigenvalue weighted by atomic mass is 10.1. The smallest absolute Gasteiger partial charge is 0.214 e. The molecule has 0 aromatic heterocycles. The van der Waals surface area contributed by atoms with Crippen molar-refractivity contribution in [3.63, 3.8) is 0 Å². The van der Waals surface area contributed by atoms with Gasteiger partial charge in [-0.1, -0.05) is 24.3 Å². The quantitative estimate of drug-likeness (QED) is 0.808. The van der Waals surface area contributed by atoms with Crippen LogP contribution in [0.1, 0.15) is 25.0 Å². The first-order chi connectivity index (χ1) is 7.47. The molecule has 4 nitrogen and oxygen atoms in total. The van der Waals surface area contributed by atoms with E-state index in [1.165, 1.54) is 0 Å². The Hall–Kier alpha value is -0.910. The van der Waals surface area contributed by atoms with Crippen molar-refractivity contribution in [2.45, 2.75) is 32.2 Å². The molecular weight excluding hydrogens is 224 g/mol. The number of nitrogens with one attached hydrogen (secondary N) is 1. The molecular formula is C11H18N2O2S. The summed E-state index contributed by atoms with van der Waals surface area (Å²) in [4.78, 5) is 0. The van der Waals surface area contributed by atoms with Gasteiger partial charge in [0, 0.05) is 13.1 Å². The first-order valence-electron chi connectivity index (χ1n) is 5.22. The van der Waals surface area contributed by atoms with E-state index in [0.717, 1.165) is 11.1 Å². The SMILES string of the molecule is CC(C)S(=O)(=O)NCc1ccccc1CN. The normalized spacial score (nSPS) is 12.0. The lowest BCUT2D eigenvalue weighted by molar-refractivity contribution is 0.572. The molecule has 16 heavy (non-hydrogen) atoms. The highest BCUT2D eigenvalue weighted by molar-refractivity contribution is 7.90. The summed E-state index contributed by atoms with van der Waals surface area (Å²) in [7, 11) is -3.21. The molecule has 0 radical (unpaired) electrons. The van der Waals surface area contributed by atoms with Crippen LogP contribution < -0.4 is 10.5 Å². The standard InChI is InChI=1S/C11H18N2O2S/c1-9(2)16(14,15)13-8-11-6-4-3-5-10(11)7-12/h3-6,9,13H,7-8,12H2,1-2H3. The van der Waals surface area contributed by atoms with E-state index in [1.807, 2.05) is 24.3 Å². The Balaban J connectivity index is 2.75. The van der Waals surface area contributed by atoms with E-state index in [0.29, 0.717) is 13.1 Å². The van der Waals surface area contributed by atoms with Gasteiger partial charge in [0.2, 0.25) is 10.0 Å². The lowest BCUT2D eigenvalue weighted by Crippen LogP contribution is -2.30. The molecule has 0 saturated carbocycles. The molecule has 3 N–H and O–H groups in total. The third kappa shape index (κ3) is 3.30. The van der Waals surface area contributed by atoms with Crippen LogP contribution in [0, 0.1) is 0 Å². The zero-order valence-electron chi connectivity index (χ0n) is 9.60. The molecule has 0 spiro atoms. The van der Waals surface area contributed by atoms with E-state index >= 15 is 0 Å². The maximum absolute atomic E-state index is 11.6. The van der Waals surface area contributed by atoms with Crippen LogP contribution in [-0.2, 0) is 23.1 Å². The second-order valence-corrected chi connectivity index (χ2v) is 6.21. The minimum Gasteiger partial charge on any atom is -0.326 e. The molecule has 0 fully saturated rings. The largest absolute Gasteiger partial charge is 0.326 e. The van der Waals surface area contributed by atoms with E-state index in [2.05, 4.69) is 4.72 Å². The number of sulfonamides is 1. The Kier molecular flexibility index (Phi) is 4.46. The molecule has 0 heterocycles. The summed E-state index contributed by atoms with van der Waals surface area (Å²) < 4.78 is 25.7. The summed E-state index contributed by atoms with van der Waals surface area (Å²) in [5.41, 5.74) is 7.46. The minimum absolute atomic E-state index is 0.299. The highest BCUT2D eigenvalue weighted by Crippen LogP contribution is 2.08. The summed E-state index contributed by atoms with van der Waals surface area (Å²) in [6.07, 6.45) is 0. The van der Waals surface area contributed by atoms with Gasteiger partial charge in [0.1, 0.15) is 0 Å². The second-order valence-electron chi connectivity index (χ2n) is 3.89. The highest BCUT2D eigenvalue weighted by Gasteiger charge is 2.15. The van der Waals surface area contributed by atoms with Crippen LogP contribution in [0.5, 0.6) is 0 Å². The van der Waals surface area contributed by atoms with Crippen LogP contribution in [0.3, 0.4) is 0 Å². The van der Waals surface area contributed by atoms with Gasteiger partial charge in [0.15, 0.2) is 0 Å². The van der Waals surface area contributed by atoms with Crippen molar-refractivity contribution in [2.75, 3.05) is 0 Å². The predicted molar refractivity (Wildman–Crippen MR) is 65.2 cm³/mol. The summed E-state index contributed by atoms with van der Waals surface area (Å²) in [5, 5.41) is -0.419. The van der Waals surface area contributed by atoms with Gasteiger partial charge in [-0.15, -0.1) is 0 Å². The minimum atomic E-state index is -3.21. The molecule has 0 unspecified atom stereocenters. The van der Waals surface area contributed by atoms with Crippen LogP contribution >= 0.6 is 0 Å². The van der Waals surface area contributed by atoms with Gasteiger partial charge < -0.3 is 5.73 Å². The monoisotopic (exact) mass is 242 g/mol. The molecule has 0 atom stereocenters. The number of benzene rings is 1. The number of rotatable bonds is 5. The van der Waals surface area contributed by atoms with Crippen LogP contribution in [0.15, 0.2) is 24.3 Å².